The van der Waals surface area contributed by atoms with Crippen LogP contribution in [0.5, 0.6) is 11.5 Å². The van der Waals surface area contributed by atoms with Crippen molar-refractivity contribution >= 4 is 0 Å². The van der Waals surface area contributed by atoms with Crippen LogP contribution >= 0.6 is 0 Å². The van der Waals surface area contributed by atoms with Crippen molar-refractivity contribution in [1.29, 1.82) is 0 Å². The molecule has 7 nitrogen and oxygen atoms in total. The number of rotatable bonds is 10. The molecule has 2 aromatic carbocycles. The van der Waals surface area contributed by atoms with Gasteiger partial charge in [-0.2, -0.15) is 5.10 Å². The van der Waals surface area contributed by atoms with Crippen LogP contribution in [0.4, 0.5) is 4.39 Å². The highest BCUT2D eigenvalue weighted by atomic mass is 19.1. The highest BCUT2D eigenvalue weighted by Crippen LogP contribution is 2.20. The summed E-state index contributed by atoms with van der Waals surface area (Å²) < 4.78 is 32.5. The lowest BCUT2D eigenvalue weighted by Crippen LogP contribution is -2.48. The van der Waals surface area contributed by atoms with Gasteiger partial charge in [-0.15, -0.1) is 0 Å². The SMILES string of the molecule is Cc1cc(C)n(CCCOc2cccc(CN3CCOC[C@@](O)(COc4ccc(F)cc4)C3)c2)n1. The highest BCUT2D eigenvalue weighted by molar-refractivity contribution is 5.28. The summed E-state index contributed by atoms with van der Waals surface area (Å²) >= 11 is 0. The largest absolute Gasteiger partial charge is 0.494 e. The van der Waals surface area contributed by atoms with Crippen LogP contribution in [0, 0.1) is 19.7 Å². The molecule has 0 bridgehead atoms. The highest BCUT2D eigenvalue weighted by Gasteiger charge is 2.33. The van der Waals surface area contributed by atoms with Gasteiger partial charge in [-0.3, -0.25) is 9.58 Å². The minimum atomic E-state index is -1.16. The third-order valence-corrected chi connectivity index (χ3v) is 5.95. The van der Waals surface area contributed by atoms with Crippen molar-refractivity contribution in [3.63, 3.8) is 0 Å². The lowest BCUT2D eigenvalue weighted by molar-refractivity contribution is -0.0646. The average molecular weight is 484 g/mol. The Morgan fingerprint density at radius 3 is 2.69 bits per heavy atom. The number of ether oxygens (including phenoxy) is 3. The fraction of sp³-hybridized carbons (Fsp3) is 0.444. The maximum absolute atomic E-state index is 13.1. The van der Waals surface area contributed by atoms with E-state index in [1.807, 2.05) is 29.8 Å². The van der Waals surface area contributed by atoms with Crippen LogP contribution in [0.25, 0.3) is 0 Å². The Balaban J connectivity index is 1.28. The third kappa shape index (κ3) is 7.52. The van der Waals surface area contributed by atoms with Crippen molar-refractivity contribution in [3.8, 4) is 11.5 Å². The van der Waals surface area contributed by atoms with Gasteiger partial charge in [0, 0.05) is 38.3 Å². The molecule has 1 saturated heterocycles. The molecule has 35 heavy (non-hydrogen) atoms. The van der Waals surface area contributed by atoms with E-state index in [4.69, 9.17) is 14.2 Å². The van der Waals surface area contributed by atoms with Gasteiger partial charge in [0.15, 0.2) is 0 Å². The van der Waals surface area contributed by atoms with Crippen LogP contribution in [0.3, 0.4) is 0 Å². The number of benzene rings is 2. The van der Waals surface area contributed by atoms with Crippen molar-refractivity contribution in [2.24, 2.45) is 0 Å². The Hall–Kier alpha value is -2.94. The monoisotopic (exact) mass is 483 g/mol. The molecule has 1 atom stereocenters. The maximum Gasteiger partial charge on any atom is 0.134 e. The summed E-state index contributed by atoms with van der Waals surface area (Å²) in [7, 11) is 0. The molecule has 8 heteroatoms. The molecular formula is C27H34FN3O4. The van der Waals surface area contributed by atoms with Gasteiger partial charge in [-0.05, 0) is 61.9 Å². The van der Waals surface area contributed by atoms with E-state index >= 15 is 0 Å². The predicted molar refractivity (Wildman–Crippen MR) is 131 cm³/mol. The number of nitrogens with zero attached hydrogens (tertiary/aromatic N) is 3. The number of hydrogen-bond donors (Lipinski definition) is 1. The molecule has 0 saturated carbocycles. The van der Waals surface area contributed by atoms with Gasteiger partial charge in [0.1, 0.15) is 29.5 Å². The van der Waals surface area contributed by atoms with Crippen molar-refractivity contribution in [3.05, 3.63) is 77.4 Å². The summed E-state index contributed by atoms with van der Waals surface area (Å²) in [4.78, 5) is 2.16. The van der Waals surface area contributed by atoms with Gasteiger partial charge in [0.05, 0.1) is 25.5 Å². The molecule has 0 unspecified atom stereocenters. The first-order valence-corrected chi connectivity index (χ1v) is 12.0. The molecule has 4 rings (SSSR count). The zero-order chi connectivity index (χ0) is 24.7. The van der Waals surface area contributed by atoms with Crippen molar-refractivity contribution < 1.29 is 23.7 Å². The smallest absolute Gasteiger partial charge is 0.134 e. The predicted octanol–water partition coefficient (Wildman–Crippen LogP) is 3.75. The Morgan fingerprint density at radius 1 is 1.09 bits per heavy atom. The molecule has 1 aromatic heterocycles. The van der Waals surface area contributed by atoms with E-state index in [1.165, 1.54) is 12.1 Å². The normalized spacial score (nSPS) is 18.9. The molecule has 0 amide bonds. The Morgan fingerprint density at radius 2 is 1.91 bits per heavy atom. The minimum Gasteiger partial charge on any atom is -0.494 e. The molecule has 0 radical (unpaired) electrons. The number of β-amino-alcohol motifs (C(OH)–C–C–N with tert-alkyl or cyclic N) is 1. The second kappa shape index (κ2) is 11.7. The van der Waals surface area contributed by atoms with Crippen LogP contribution in [-0.4, -0.2) is 64.9 Å². The van der Waals surface area contributed by atoms with Gasteiger partial charge >= 0.3 is 0 Å². The van der Waals surface area contributed by atoms with Crippen molar-refractivity contribution in [1.82, 2.24) is 14.7 Å². The number of aliphatic hydroxyl groups is 1. The van der Waals surface area contributed by atoms with Crippen molar-refractivity contribution in [2.75, 3.05) is 39.5 Å². The number of aromatic nitrogens is 2. The summed E-state index contributed by atoms with van der Waals surface area (Å²) in [5, 5.41) is 15.6. The fourth-order valence-corrected chi connectivity index (χ4v) is 4.26. The first-order chi connectivity index (χ1) is 16.9. The van der Waals surface area contributed by atoms with Gasteiger partial charge in [0.2, 0.25) is 0 Å². The average Bonchev–Trinajstić information content (AvgIpc) is 3.03. The number of aryl methyl sites for hydroxylation is 3. The number of halogens is 1. The quantitative estimate of drug-likeness (QED) is 0.443. The lowest BCUT2D eigenvalue weighted by atomic mass is 10.1. The Bertz CT molecular complexity index is 1090. The fourth-order valence-electron chi connectivity index (χ4n) is 4.26. The lowest BCUT2D eigenvalue weighted by Gasteiger charge is -2.30. The molecular weight excluding hydrogens is 449 g/mol. The molecule has 1 aliphatic rings. The molecule has 1 fully saturated rings. The molecule has 2 heterocycles. The van der Waals surface area contributed by atoms with Gasteiger partial charge < -0.3 is 19.3 Å². The molecule has 1 aliphatic heterocycles. The molecule has 3 aromatic rings. The third-order valence-electron chi connectivity index (χ3n) is 5.95. The van der Waals surface area contributed by atoms with E-state index in [0.717, 1.165) is 35.7 Å². The van der Waals surface area contributed by atoms with Crippen LogP contribution in [-0.2, 0) is 17.8 Å². The van der Waals surface area contributed by atoms with E-state index in [-0.39, 0.29) is 19.0 Å². The van der Waals surface area contributed by atoms with E-state index in [0.29, 0.717) is 38.6 Å². The summed E-state index contributed by atoms with van der Waals surface area (Å²) in [5.74, 6) is 1.02. The summed E-state index contributed by atoms with van der Waals surface area (Å²) in [6.45, 7) is 8.04. The van der Waals surface area contributed by atoms with Crippen LogP contribution in [0.1, 0.15) is 23.4 Å². The van der Waals surface area contributed by atoms with Crippen LogP contribution < -0.4 is 9.47 Å². The van der Waals surface area contributed by atoms with Crippen LogP contribution in [0.15, 0.2) is 54.6 Å². The molecule has 188 valence electrons. The summed E-state index contributed by atoms with van der Waals surface area (Å²) in [6.07, 6.45) is 0.872. The van der Waals surface area contributed by atoms with Gasteiger partial charge in [-0.1, -0.05) is 12.1 Å². The Kier molecular flexibility index (Phi) is 8.38. The summed E-state index contributed by atoms with van der Waals surface area (Å²) in [6, 6.07) is 15.9. The minimum absolute atomic E-state index is 0.0630. The Labute approximate surface area is 206 Å². The van der Waals surface area contributed by atoms with E-state index < -0.39 is 5.60 Å². The van der Waals surface area contributed by atoms with E-state index in [9.17, 15) is 9.50 Å². The van der Waals surface area contributed by atoms with E-state index in [2.05, 4.69) is 29.1 Å². The van der Waals surface area contributed by atoms with Gasteiger partial charge in [0.25, 0.3) is 0 Å². The molecule has 1 N–H and O–H groups in total. The second-order valence-corrected chi connectivity index (χ2v) is 9.23. The van der Waals surface area contributed by atoms with Gasteiger partial charge in [-0.25, -0.2) is 4.39 Å². The first kappa shape index (κ1) is 25.2. The topological polar surface area (TPSA) is 69.0 Å². The second-order valence-electron chi connectivity index (χ2n) is 9.23. The van der Waals surface area contributed by atoms with Crippen LogP contribution in [0.2, 0.25) is 0 Å². The van der Waals surface area contributed by atoms with Crippen molar-refractivity contribution in [2.45, 2.75) is 39.0 Å². The molecule has 0 spiro atoms. The first-order valence-electron chi connectivity index (χ1n) is 12.0. The zero-order valence-electron chi connectivity index (χ0n) is 20.5. The molecule has 0 aliphatic carbocycles. The maximum atomic E-state index is 13.1. The standard InChI is InChI=1S/C27H34FN3O4/c1-21-15-22(2)31(29-21)11-4-13-34-26-6-3-5-23(16-26)17-30-12-14-33-19-27(32,18-30)20-35-25-9-7-24(28)8-10-25/h3,5-10,15-16,32H,4,11-14,17-20H2,1-2H3/t27-/m1/s1. The summed E-state index contributed by atoms with van der Waals surface area (Å²) in [5.41, 5.74) is 2.13. The van der Waals surface area contributed by atoms with E-state index in [1.54, 1.807) is 12.1 Å². The zero-order valence-corrected chi connectivity index (χ0v) is 20.5. The number of hydrogen-bond acceptors (Lipinski definition) is 6.